The molecule has 1 N–H and O–H groups in total. The number of hydrogen-bond donors (Lipinski definition) is 1. The zero-order valence-corrected chi connectivity index (χ0v) is 11.9. The molecule has 0 bridgehead atoms. The minimum Gasteiger partial charge on any atom is -0.343 e. The van der Waals surface area contributed by atoms with Crippen LogP contribution >= 0.6 is 0 Å². The topological polar surface area (TPSA) is 49.4 Å². The zero-order valence-electron chi connectivity index (χ0n) is 11.9. The number of benzene rings is 1. The van der Waals surface area contributed by atoms with E-state index < -0.39 is 11.6 Å². The Kier molecular flexibility index (Phi) is 4.88. The molecule has 1 heterocycles. The summed E-state index contributed by atoms with van der Waals surface area (Å²) in [5, 5.41) is 2.48. The van der Waals surface area contributed by atoms with Crippen molar-refractivity contribution in [3.63, 3.8) is 0 Å². The molecule has 114 valence electrons. The molecule has 1 aliphatic rings. The minimum atomic E-state index is -0.790. The van der Waals surface area contributed by atoms with Gasteiger partial charge in [0.05, 0.1) is 5.69 Å². The second-order valence-electron chi connectivity index (χ2n) is 5.12. The van der Waals surface area contributed by atoms with E-state index in [-0.39, 0.29) is 23.4 Å². The number of amides is 2. The third-order valence-corrected chi connectivity index (χ3v) is 3.71. The predicted octanol–water partition coefficient (Wildman–Crippen LogP) is 2.55. The van der Waals surface area contributed by atoms with Gasteiger partial charge in [0.1, 0.15) is 11.6 Å². The monoisotopic (exact) mass is 296 g/mol. The van der Waals surface area contributed by atoms with E-state index in [2.05, 4.69) is 5.32 Å². The maximum Gasteiger partial charge on any atom is 0.227 e. The van der Waals surface area contributed by atoms with E-state index in [1.165, 1.54) is 6.07 Å². The molecule has 4 nitrogen and oxygen atoms in total. The van der Waals surface area contributed by atoms with Crippen molar-refractivity contribution in [2.75, 3.05) is 18.4 Å². The Bertz CT molecular complexity index is 540. The van der Waals surface area contributed by atoms with Crippen molar-refractivity contribution in [3.05, 3.63) is 29.8 Å². The van der Waals surface area contributed by atoms with E-state index in [1.807, 2.05) is 0 Å². The summed E-state index contributed by atoms with van der Waals surface area (Å²) in [6.07, 6.45) is 1.57. The second kappa shape index (κ2) is 6.65. The molecule has 0 aliphatic carbocycles. The van der Waals surface area contributed by atoms with Crippen LogP contribution in [0.3, 0.4) is 0 Å². The van der Waals surface area contributed by atoms with Gasteiger partial charge in [0.25, 0.3) is 0 Å². The standard InChI is InChI=1S/C15H18F2N2O2/c1-2-14(20)19-7-5-10(6-8-19)15(21)18-13-4-3-11(16)9-12(13)17/h3-4,9-10H,2,5-8H2,1H3,(H,18,21). The van der Waals surface area contributed by atoms with E-state index in [4.69, 9.17) is 0 Å². The van der Waals surface area contributed by atoms with Crippen molar-refractivity contribution in [1.82, 2.24) is 4.90 Å². The number of rotatable bonds is 3. The number of likely N-dealkylation sites (tertiary alicyclic amines) is 1. The molecule has 1 saturated heterocycles. The van der Waals surface area contributed by atoms with Gasteiger partial charge in [-0.3, -0.25) is 9.59 Å². The molecule has 1 aromatic carbocycles. The number of carbonyl (C=O) groups is 2. The lowest BCUT2D eigenvalue weighted by Gasteiger charge is -2.31. The van der Waals surface area contributed by atoms with E-state index in [1.54, 1.807) is 11.8 Å². The summed E-state index contributed by atoms with van der Waals surface area (Å²) in [5.74, 6) is -1.93. The molecule has 0 unspecified atom stereocenters. The van der Waals surface area contributed by atoms with Gasteiger partial charge < -0.3 is 10.2 Å². The molecular formula is C15H18F2N2O2. The van der Waals surface area contributed by atoms with E-state index in [0.717, 1.165) is 12.1 Å². The fraction of sp³-hybridized carbons (Fsp3) is 0.467. The second-order valence-corrected chi connectivity index (χ2v) is 5.12. The highest BCUT2D eigenvalue weighted by Crippen LogP contribution is 2.21. The van der Waals surface area contributed by atoms with E-state index in [9.17, 15) is 18.4 Å². The molecule has 0 atom stereocenters. The largest absolute Gasteiger partial charge is 0.343 e. The third kappa shape index (κ3) is 3.77. The van der Waals surface area contributed by atoms with Crippen molar-refractivity contribution in [1.29, 1.82) is 0 Å². The molecule has 6 heteroatoms. The average Bonchev–Trinajstić information content (AvgIpc) is 2.49. The first-order valence-electron chi connectivity index (χ1n) is 7.05. The Morgan fingerprint density at radius 3 is 2.52 bits per heavy atom. The lowest BCUT2D eigenvalue weighted by atomic mass is 9.95. The molecule has 2 rings (SSSR count). The minimum absolute atomic E-state index is 0.0199. The van der Waals surface area contributed by atoms with Crippen LogP contribution < -0.4 is 5.32 Å². The number of nitrogens with one attached hydrogen (secondary N) is 1. The highest BCUT2D eigenvalue weighted by Gasteiger charge is 2.27. The first-order valence-corrected chi connectivity index (χ1v) is 7.05. The van der Waals surface area contributed by atoms with Crippen molar-refractivity contribution in [3.8, 4) is 0 Å². The van der Waals surface area contributed by atoms with Crippen LogP contribution in [0.1, 0.15) is 26.2 Å². The first kappa shape index (κ1) is 15.4. The fourth-order valence-electron chi connectivity index (χ4n) is 2.44. The predicted molar refractivity (Wildman–Crippen MR) is 74.6 cm³/mol. The Labute approximate surface area is 122 Å². The molecule has 1 aromatic rings. The molecule has 0 aromatic heterocycles. The van der Waals surface area contributed by atoms with Crippen LogP contribution in [0.25, 0.3) is 0 Å². The number of hydrogen-bond acceptors (Lipinski definition) is 2. The zero-order chi connectivity index (χ0) is 15.4. The average molecular weight is 296 g/mol. The number of carbonyl (C=O) groups excluding carboxylic acids is 2. The van der Waals surface area contributed by atoms with Gasteiger partial charge in [0.2, 0.25) is 11.8 Å². The summed E-state index contributed by atoms with van der Waals surface area (Å²) in [5.41, 5.74) is -0.0199. The molecule has 0 spiro atoms. The van der Waals surface area contributed by atoms with Crippen LogP contribution in [0.5, 0.6) is 0 Å². The molecular weight excluding hydrogens is 278 g/mol. The summed E-state index contributed by atoms with van der Waals surface area (Å²) >= 11 is 0. The van der Waals surface area contributed by atoms with Gasteiger partial charge in [0.15, 0.2) is 0 Å². The number of nitrogens with zero attached hydrogens (tertiary/aromatic N) is 1. The van der Waals surface area contributed by atoms with Crippen LogP contribution in [0.15, 0.2) is 18.2 Å². The Hall–Kier alpha value is -1.98. The van der Waals surface area contributed by atoms with Crippen LogP contribution in [0.2, 0.25) is 0 Å². The Morgan fingerprint density at radius 2 is 1.95 bits per heavy atom. The molecule has 0 saturated carbocycles. The van der Waals surface area contributed by atoms with E-state index in [0.29, 0.717) is 32.4 Å². The lowest BCUT2D eigenvalue weighted by molar-refractivity contribution is -0.134. The van der Waals surface area contributed by atoms with Gasteiger partial charge in [-0.1, -0.05) is 6.92 Å². The van der Waals surface area contributed by atoms with E-state index >= 15 is 0 Å². The summed E-state index contributed by atoms with van der Waals surface area (Å²) in [4.78, 5) is 25.4. The maximum absolute atomic E-state index is 13.5. The van der Waals surface area contributed by atoms with Crippen molar-refractivity contribution in [2.45, 2.75) is 26.2 Å². The fourth-order valence-corrected chi connectivity index (χ4v) is 2.44. The van der Waals surface area contributed by atoms with Crippen molar-refractivity contribution in [2.24, 2.45) is 5.92 Å². The SMILES string of the molecule is CCC(=O)N1CCC(C(=O)Nc2ccc(F)cc2F)CC1. The number of anilines is 1. The molecule has 0 radical (unpaired) electrons. The number of halogens is 2. The summed E-state index contributed by atoms with van der Waals surface area (Å²) in [6.45, 7) is 2.88. The highest BCUT2D eigenvalue weighted by molar-refractivity contribution is 5.92. The quantitative estimate of drug-likeness (QED) is 0.932. The van der Waals surface area contributed by atoms with Gasteiger partial charge in [-0.15, -0.1) is 0 Å². The van der Waals surface area contributed by atoms with Crippen LogP contribution in [0.4, 0.5) is 14.5 Å². The Balaban J connectivity index is 1.92. The lowest BCUT2D eigenvalue weighted by Crippen LogP contribution is -2.41. The summed E-state index contributed by atoms with van der Waals surface area (Å²) in [6, 6.07) is 3.04. The molecule has 2 amide bonds. The third-order valence-electron chi connectivity index (χ3n) is 3.71. The van der Waals surface area contributed by atoms with Gasteiger partial charge in [0, 0.05) is 31.5 Å². The van der Waals surface area contributed by atoms with Gasteiger partial charge >= 0.3 is 0 Å². The van der Waals surface area contributed by atoms with Crippen LogP contribution in [-0.4, -0.2) is 29.8 Å². The smallest absolute Gasteiger partial charge is 0.227 e. The van der Waals surface area contributed by atoms with Gasteiger partial charge in [-0.05, 0) is 25.0 Å². The van der Waals surface area contributed by atoms with Crippen molar-refractivity contribution >= 4 is 17.5 Å². The summed E-state index contributed by atoms with van der Waals surface area (Å²) in [7, 11) is 0. The summed E-state index contributed by atoms with van der Waals surface area (Å²) < 4.78 is 26.3. The first-order chi connectivity index (χ1) is 10.0. The van der Waals surface area contributed by atoms with Gasteiger partial charge in [-0.2, -0.15) is 0 Å². The molecule has 1 aliphatic heterocycles. The Morgan fingerprint density at radius 1 is 1.29 bits per heavy atom. The van der Waals surface area contributed by atoms with Crippen molar-refractivity contribution < 1.29 is 18.4 Å². The highest BCUT2D eigenvalue weighted by atomic mass is 19.1. The number of piperidine rings is 1. The maximum atomic E-state index is 13.5. The van der Waals surface area contributed by atoms with Crippen LogP contribution in [0, 0.1) is 17.6 Å². The normalized spacial score (nSPS) is 15.9. The molecule has 21 heavy (non-hydrogen) atoms. The molecule has 1 fully saturated rings. The van der Waals surface area contributed by atoms with Crippen LogP contribution in [-0.2, 0) is 9.59 Å². The van der Waals surface area contributed by atoms with Gasteiger partial charge in [-0.25, -0.2) is 8.78 Å².